The van der Waals surface area contributed by atoms with Gasteiger partial charge >= 0.3 is 11.1 Å². The van der Waals surface area contributed by atoms with Gasteiger partial charge in [-0.1, -0.05) is 26.0 Å². The highest BCUT2D eigenvalue weighted by Crippen LogP contribution is 2.31. The van der Waals surface area contributed by atoms with Crippen molar-refractivity contribution in [2.75, 3.05) is 13.1 Å². The molecule has 1 aromatic heterocycles. The van der Waals surface area contributed by atoms with Crippen LogP contribution in [0.15, 0.2) is 33.9 Å². The van der Waals surface area contributed by atoms with Gasteiger partial charge in [0.1, 0.15) is 18.0 Å². The highest BCUT2D eigenvalue weighted by Gasteiger charge is 2.43. The first-order valence-electron chi connectivity index (χ1n) is 9.67. The number of ether oxygens (including phenoxy) is 1. The molecule has 150 valence electrons. The van der Waals surface area contributed by atoms with E-state index in [1.807, 2.05) is 19.9 Å². The summed E-state index contributed by atoms with van der Waals surface area (Å²) in [4.78, 5) is 27.2. The molecule has 2 aromatic rings. The first-order valence-corrected chi connectivity index (χ1v) is 9.67. The fourth-order valence-corrected chi connectivity index (χ4v) is 4.08. The van der Waals surface area contributed by atoms with Gasteiger partial charge in [0.05, 0.1) is 6.54 Å². The van der Waals surface area contributed by atoms with Crippen LogP contribution in [-0.4, -0.2) is 37.9 Å². The smallest absolute Gasteiger partial charge is 0.332 e. The Morgan fingerprint density at radius 1 is 1.25 bits per heavy atom. The number of hydrogen-bond acceptors (Lipinski definition) is 5. The third kappa shape index (κ3) is 3.66. The minimum Gasteiger partial charge on any atom is -0.364 e. The molecule has 0 unspecified atom stereocenters. The maximum absolute atomic E-state index is 13.4. The number of likely N-dealkylation sites (tertiary alicyclic amines) is 1. The van der Waals surface area contributed by atoms with Crippen molar-refractivity contribution >= 4 is 0 Å². The molecule has 1 spiro atoms. The van der Waals surface area contributed by atoms with Crippen LogP contribution in [0.4, 0.5) is 4.39 Å². The van der Waals surface area contributed by atoms with Gasteiger partial charge in [-0.05, 0) is 30.0 Å². The lowest BCUT2D eigenvalue weighted by Gasteiger charge is -2.35. The Kier molecular flexibility index (Phi) is 4.93. The molecule has 1 saturated heterocycles. The lowest BCUT2D eigenvalue weighted by molar-refractivity contribution is -0.0859. The summed E-state index contributed by atoms with van der Waals surface area (Å²) in [5, 5.41) is 4.35. The van der Waals surface area contributed by atoms with Crippen molar-refractivity contribution in [3.05, 3.63) is 62.2 Å². The van der Waals surface area contributed by atoms with E-state index in [1.165, 1.54) is 21.4 Å². The lowest BCUT2D eigenvalue weighted by atomic mass is 10.0. The molecule has 0 amide bonds. The van der Waals surface area contributed by atoms with Crippen LogP contribution in [-0.2, 0) is 31.0 Å². The molecule has 0 aliphatic carbocycles. The summed E-state index contributed by atoms with van der Waals surface area (Å²) in [6.07, 6.45) is 0.753. The number of halogens is 1. The summed E-state index contributed by atoms with van der Waals surface area (Å²) in [5.74, 6) is 0.471. The van der Waals surface area contributed by atoms with E-state index >= 15 is 0 Å². The van der Waals surface area contributed by atoms with Gasteiger partial charge in [0.2, 0.25) is 0 Å². The topological polar surface area (TPSA) is 69.4 Å². The van der Waals surface area contributed by atoms with E-state index in [2.05, 4.69) is 10.00 Å². The van der Waals surface area contributed by atoms with Crippen LogP contribution in [0.3, 0.4) is 0 Å². The lowest BCUT2D eigenvalue weighted by Crippen LogP contribution is -2.53. The predicted molar refractivity (Wildman–Crippen MR) is 101 cm³/mol. The Balaban J connectivity index is 1.53. The van der Waals surface area contributed by atoms with E-state index in [0.717, 1.165) is 18.5 Å². The predicted octanol–water partition coefficient (Wildman–Crippen LogP) is 1.37. The second-order valence-corrected chi connectivity index (χ2v) is 8.25. The van der Waals surface area contributed by atoms with E-state index in [0.29, 0.717) is 32.0 Å². The maximum atomic E-state index is 13.4. The first kappa shape index (κ1) is 19.0. The summed E-state index contributed by atoms with van der Waals surface area (Å²) < 4.78 is 22.3. The molecule has 2 aliphatic rings. The van der Waals surface area contributed by atoms with Crippen LogP contribution in [0.1, 0.15) is 31.7 Å². The summed E-state index contributed by atoms with van der Waals surface area (Å²) in [6.45, 7) is 6.94. The van der Waals surface area contributed by atoms with Gasteiger partial charge in [-0.25, -0.2) is 9.07 Å². The molecule has 7 nitrogen and oxygen atoms in total. The highest BCUT2D eigenvalue weighted by atomic mass is 19.1. The van der Waals surface area contributed by atoms with Crippen molar-refractivity contribution in [2.45, 2.75) is 52.1 Å². The third-order valence-electron chi connectivity index (χ3n) is 5.39. The minimum absolute atomic E-state index is 0.210. The molecule has 28 heavy (non-hydrogen) atoms. The molecule has 3 heterocycles. The Hall–Kier alpha value is -2.32. The Labute approximate surface area is 162 Å². The molecule has 0 N–H and O–H groups in total. The van der Waals surface area contributed by atoms with Crippen molar-refractivity contribution in [1.82, 2.24) is 19.2 Å². The minimum atomic E-state index is -0.580. The Morgan fingerprint density at radius 3 is 2.82 bits per heavy atom. The fourth-order valence-electron chi connectivity index (χ4n) is 4.08. The standard InChI is InChI=1S/C20H25FN4O3/c1-14(2)9-25-19(27)18(26)24-13-20(28-11-17(24)22-25)6-7-23(12-20)10-15-4-3-5-16(21)8-15/h3-5,8,14H,6-7,9-13H2,1-2H3/t20-/m1/s1. The second kappa shape index (κ2) is 7.25. The number of benzene rings is 1. The molecule has 0 saturated carbocycles. The average molecular weight is 388 g/mol. The van der Waals surface area contributed by atoms with Crippen LogP contribution in [0.2, 0.25) is 0 Å². The van der Waals surface area contributed by atoms with Gasteiger partial charge in [-0.3, -0.25) is 19.1 Å². The van der Waals surface area contributed by atoms with Gasteiger partial charge in [0, 0.05) is 26.2 Å². The van der Waals surface area contributed by atoms with E-state index < -0.39 is 16.7 Å². The maximum Gasteiger partial charge on any atom is 0.332 e. The normalized spacial score (nSPS) is 22.1. The summed E-state index contributed by atoms with van der Waals surface area (Å²) in [6, 6.07) is 6.57. The molecular formula is C20H25FN4O3. The fraction of sp³-hybridized carbons (Fsp3) is 0.550. The van der Waals surface area contributed by atoms with E-state index in [1.54, 1.807) is 6.07 Å². The van der Waals surface area contributed by atoms with Gasteiger partial charge in [-0.15, -0.1) is 0 Å². The molecule has 2 aliphatic heterocycles. The van der Waals surface area contributed by atoms with Crippen molar-refractivity contribution < 1.29 is 9.13 Å². The van der Waals surface area contributed by atoms with Gasteiger partial charge in [0.15, 0.2) is 5.82 Å². The molecule has 4 rings (SSSR count). The molecule has 0 radical (unpaired) electrons. The SMILES string of the molecule is CC(C)Cn1nc2n(c(=O)c1=O)C[C@]1(CCN(Cc3cccc(F)c3)C1)OC2. The van der Waals surface area contributed by atoms with Crippen molar-refractivity contribution in [1.29, 1.82) is 0 Å². The number of fused-ring (bicyclic) bond motifs is 1. The molecule has 1 fully saturated rings. The van der Waals surface area contributed by atoms with Crippen LogP contribution in [0, 0.1) is 11.7 Å². The molecule has 1 aromatic carbocycles. The zero-order valence-electron chi connectivity index (χ0n) is 16.2. The van der Waals surface area contributed by atoms with Crippen molar-refractivity contribution in [3.63, 3.8) is 0 Å². The summed E-state index contributed by atoms with van der Waals surface area (Å²) >= 11 is 0. The Bertz CT molecular complexity index is 1000. The average Bonchev–Trinajstić information content (AvgIpc) is 3.02. The number of rotatable bonds is 4. The van der Waals surface area contributed by atoms with Crippen LogP contribution >= 0.6 is 0 Å². The molecule has 1 atom stereocenters. The highest BCUT2D eigenvalue weighted by molar-refractivity contribution is 5.16. The van der Waals surface area contributed by atoms with E-state index in [9.17, 15) is 14.0 Å². The van der Waals surface area contributed by atoms with Gasteiger partial charge in [0.25, 0.3) is 0 Å². The zero-order chi connectivity index (χ0) is 19.9. The number of nitrogens with zero attached hydrogens (tertiary/aromatic N) is 4. The largest absolute Gasteiger partial charge is 0.364 e. The van der Waals surface area contributed by atoms with E-state index in [-0.39, 0.29) is 18.3 Å². The van der Waals surface area contributed by atoms with Crippen LogP contribution in [0.25, 0.3) is 0 Å². The number of hydrogen-bond donors (Lipinski definition) is 0. The zero-order valence-corrected chi connectivity index (χ0v) is 16.2. The molecule has 8 heteroatoms. The summed E-state index contributed by atoms with van der Waals surface area (Å²) in [7, 11) is 0. The molecular weight excluding hydrogens is 363 g/mol. The van der Waals surface area contributed by atoms with Crippen LogP contribution in [0.5, 0.6) is 0 Å². The van der Waals surface area contributed by atoms with Gasteiger partial charge in [-0.2, -0.15) is 5.10 Å². The first-order chi connectivity index (χ1) is 13.3. The van der Waals surface area contributed by atoms with E-state index in [4.69, 9.17) is 4.74 Å². The van der Waals surface area contributed by atoms with Crippen molar-refractivity contribution in [2.24, 2.45) is 5.92 Å². The Morgan fingerprint density at radius 2 is 2.07 bits per heavy atom. The second-order valence-electron chi connectivity index (χ2n) is 8.25. The van der Waals surface area contributed by atoms with Crippen molar-refractivity contribution in [3.8, 4) is 0 Å². The summed E-state index contributed by atoms with van der Waals surface area (Å²) in [5.41, 5.74) is -0.715. The van der Waals surface area contributed by atoms with Gasteiger partial charge < -0.3 is 4.74 Å². The molecule has 0 bridgehead atoms. The number of aromatic nitrogens is 3. The van der Waals surface area contributed by atoms with Crippen LogP contribution < -0.4 is 11.1 Å². The third-order valence-corrected chi connectivity index (χ3v) is 5.39. The quantitative estimate of drug-likeness (QED) is 0.740. The monoisotopic (exact) mass is 388 g/mol.